The number of hydrogen-bond acceptors (Lipinski definition) is 4. The van der Waals surface area contributed by atoms with Crippen LogP contribution in [-0.4, -0.2) is 58.6 Å². The standard InChI is InChI=1S/C18H29N5O2/c1-13(24)20-11-17-5-4-16(23(17)12-14-2-3-14)8-18(25)19-7-6-15-9-21-22-10-15/h9-10,14,16-17H,2-8,11-12H2,1H3,(H,19,25)(H,20,24)(H,21,22)/t16-,17+/m0/s1. The van der Waals surface area contributed by atoms with Gasteiger partial charge >= 0.3 is 0 Å². The van der Waals surface area contributed by atoms with E-state index >= 15 is 0 Å². The van der Waals surface area contributed by atoms with Crippen molar-refractivity contribution in [1.29, 1.82) is 0 Å². The summed E-state index contributed by atoms with van der Waals surface area (Å²) in [6.07, 6.45) is 9.67. The number of carbonyl (C=O) groups excluding carboxylic acids is 2. The first kappa shape index (κ1) is 17.9. The highest BCUT2D eigenvalue weighted by molar-refractivity contribution is 5.76. The summed E-state index contributed by atoms with van der Waals surface area (Å²) in [6, 6.07) is 0.668. The molecular formula is C18H29N5O2. The average molecular weight is 347 g/mol. The fourth-order valence-electron chi connectivity index (χ4n) is 3.66. The van der Waals surface area contributed by atoms with Crippen LogP contribution in [0, 0.1) is 5.92 Å². The van der Waals surface area contributed by atoms with E-state index in [9.17, 15) is 9.59 Å². The third kappa shape index (κ3) is 5.56. The maximum absolute atomic E-state index is 12.3. The zero-order valence-electron chi connectivity index (χ0n) is 15.0. The van der Waals surface area contributed by atoms with Crippen LogP contribution in [0.1, 0.15) is 44.6 Å². The number of carbonyl (C=O) groups is 2. The lowest BCUT2D eigenvalue weighted by Crippen LogP contribution is -2.45. The lowest BCUT2D eigenvalue weighted by molar-refractivity contribution is -0.122. The van der Waals surface area contributed by atoms with Gasteiger partial charge in [-0.3, -0.25) is 19.6 Å². The van der Waals surface area contributed by atoms with Gasteiger partial charge in [-0.25, -0.2) is 0 Å². The molecule has 25 heavy (non-hydrogen) atoms. The summed E-state index contributed by atoms with van der Waals surface area (Å²) in [4.78, 5) is 26.0. The topological polar surface area (TPSA) is 90.1 Å². The van der Waals surface area contributed by atoms with E-state index in [2.05, 4.69) is 25.7 Å². The summed E-state index contributed by atoms with van der Waals surface area (Å²) in [5.74, 6) is 0.922. The quantitative estimate of drug-likeness (QED) is 0.617. The van der Waals surface area contributed by atoms with Gasteiger partial charge in [-0.2, -0.15) is 5.10 Å². The van der Waals surface area contributed by atoms with Crippen LogP contribution in [-0.2, 0) is 16.0 Å². The molecule has 1 aliphatic carbocycles. The van der Waals surface area contributed by atoms with E-state index in [0.717, 1.165) is 37.3 Å². The van der Waals surface area contributed by atoms with Crippen molar-refractivity contribution in [3.8, 4) is 0 Å². The first-order valence-electron chi connectivity index (χ1n) is 9.36. The van der Waals surface area contributed by atoms with Crippen LogP contribution in [0.2, 0.25) is 0 Å². The number of rotatable bonds is 9. The predicted octanol–water partition coefficient (Wildman–Crippen LogP) is 0.838. The second kappa shape index (κ2) is 8.47. The van der Waals surface area contributed by atoms with Gasteiger partial charge in [0, 0.05) is 51.3 Å². The van der Waals surface area contributed by atoms with Gasteiger partial charge in [0.1, 0.15) is 0 Å². The Balaban J connectivity index is 1.45. The Bertz CT molecular complexity index is 570. The lowest BCUT2D eigenvalue weighted by atomic mass is 10.1. The van der Waals surface area contributed by atoms with Crippen LogP contribution < -0.4 is 10.6 Å². The molecule has 138 valence electrons. The number of aromatic amines is 1. The molecular weight excluding hydrogens is 318 g/mol. The fraction of sp³-hybridized carbons (Fsp3) is 0.722. The Hall–Kier alpha value is -1.89. The summed E-state index contributed by atoms with van der Waals surface area (Å²) in [5, 5.41) is 12.7. The molecule has 1 saturated carbocycles. The first-order chi connectivity index (χ1) is 12.1. The molecule has 0 bridgehead atoms. The maximum Gasteiger partial charge on any atom is 0.221 e. The smallest absolute Gasteiger partial charge is 0.221 e. The molecule has 2 aliphatic rings. The fourth-order valence-corrected chi connectivity index (χ4v) is 3.66. The summed E-state index contributed by atoms with van der Waals surface area (Å²) in [6.45, 7) is 3.96. The van der Waals surface area contributed by atoms with Crippen molar-refractivity contribution in [2.75, 3.05) is 19.6 Å². The van der Waals surface area contributed by atoms with Crippen LogP contribution in [0.15, 0.2) is 12.4 Å². The van der Waals surface area contributed by atoms with Crippen LogP contribution in [0.4, 0.5) is 0 Å². The summed E-state index contributed by atoms with van der Waals surface area (Å²) in [5.41, 5.74) is 1.10. The zero-order chi connectivity index (χ0) is 17.6. The number of H-pyrrole nitrogens is 1. The Labute approximate surface area is 148 Å². The van der Waals surface area contributed by atoms with E-state index in [4.69, 9.17) is 0 Å². The third-order valence-corrected chi connectivity index (χ3v) is 5.24. The van der Waals surface area contributed by atoms with Crippen LogP contribution >= 0.6 is 0 Å². The van der Waals surface area contributed by atoms with Crippen molar-refractivity contribution in [1.82, 2.24) is 25.7 Å². The van der Waals surface area contributed by atoms with Crippen molar-refractivity contribution in [3.05, 3.63) is 18.0 Å². The molecule has 1 saturated heterocycles. The molecule has 0 spiro atoms. The molecule has 0 unspecified atom stereocenters. The number of amides is 2. The minimum Gasteiger partial charge on any atom is -0.356 e. The first-order valence-corrected chi connectivity index (χ1v) is 9.36. The number of aromatic nitrogens is 2. The van der Waals surface area contributed by atoms with Crippen molar-refractivity contribution < 1.29 is 9.59 Å². The van der Waals surface area contributed by atoms with Crippen LogP contribution in [0.25, 0.3) is 0 Å². The van der Waals surface area contributed by atoms with E-state index in [1.165, 1.54) is 12.8 Å². The van der Waals surface area contributed by atoms with Crippen LogP contribution in [0.3, 0.4) is 0 Å². The molecule has 7 nitrogen and oxygen atoms in total. The van der Waals surface area contributed by atoms with Gasteiger partial charge in [-0.05, 0) is 43.6 Å². The average Bonchev–Trinajstić information content (AvgIpc) is 3.09. The predicted molar refractivity (Wildman–Crippen MR) is 94.8 cm³/mol. The summed E-state index contributed by atoms with van der Waals surface area (Å²) >= 11 is 0. The summed E-state index contributed by atoms with van der Waals surface area (Å²) in [7, 11) is 0. The molecule has 1 aromatic heterocycles. The number of nitrogens with one attached hydrogen (secondary N) is 3. The molecule has 3 rings (SSSR count). The van der Waals surface area contributed by atoms with Crippen molar-refractivity contribution >= 4 is 11.8 Å². The van der Waals surface area contributed by atoms with Gasteiger partial charge in [0.2, 0.25) is 11.8 Å². The third-order valence-electron chi connectivity index (χ3n) is 5.24. The normalized spacial score (nSPS) is 23.6. The van der Waals surface area contributed by atoms with Gasteiger partial charge in [-0.15, -0.1) is 0 Å². The number of likely N-dealkylation sites (tertiary alicyclic amines) is 1. The van der Waals surface area contributed by atoms with Gasteiger partial charge in [-0.1, -0.05) is 0 Å². The van der Waals surface area contributed by atoms with Crippen molar-refractivity contribution in [3.63, 3.8) is 0 Å². The van der Waals surface area contributed by atoms with E-state index < -0.39 is 0 Å². The highest BCUT2D eigenvalue weighted by atomic mass is 16.2. The molecule has 2 heterocycles. The zero-order valence-corrected chi connectivity index (χ0v) is 15.0. The van der Waals surface area contributed by atoms with Crippen molar-refractivity contribution in [2.24, 2.45) is 5.92 Å². The molecule has 1 aliphatic heterocycles. The van der Waals surface area contributed by atoms with E-state index in [0.29, 0.717) is 31.6 Å². The highest BCUT2D eigenvalue weighted by Crippen LogP contribution is 2.35. The number of nitrogens with zero attached hydrogens (tertiary/aromatic N) is 2. The van der Waals surface area contributed by atoms with E-state index in [1.54, 1.807) is 13.1 Å². The largest absolute Gasteiger partial charge is 0.356 e. The molecule has 2 atom stereocenters. The molecule has 1 aromatic rings. The highest BCUT2D eigenvalue weighted by Gasteiger charge is 2.37. The second-order valence-corrected chi connectivity index (χ2v) is 7.37. The van der Waals surface area contributed by atoms with Crippen molar-refractivity contribution in [2.45, 2.75) is 57.5 Å². The SMILES string of the molecule is CC(=O)NC[C@H]1CC[C@@H](CC(=O)NCCc2cn[nH]c2)N1CC1CC1. The summed E-state index contributed by atoms with van der Waals surface area (Å²) < 4.78 is 0. The molecule has 2 fully saturated rings. The monoisotopic (exact) mass is 347 g/mol. The molecule has 3 N–H and O–H groups in total. The molecule has 7 heteroatoms. The molecule has 0 aromatic carbocycles. The second-order valence-electron chi connectivity index (χ2n) is 7.37. The Morgan fingerprint density at radius 3 is 2.72 bits per heavy atom. The Kier molecular flexibility index (Phi) is 6.07. The molecule has 0 radical (unpaired) electrons. The minimum atomic E-state index is 0.0202. The van der Waals surface area contributed by atoms with Gasteiger partial charge in [0.05, 0.1) is 6.20 Å². The van der Waals surface area contributed by atoms with Crippen LogP contribution in [0.5, 0.6) is 0 Å². The Morgan fingerprint density at radius 2 is 2.04 bits per heavy atom. The van der Waals surface area contributed by atoms with E-state index in [-0.39, 0.29) is 11.8 Å². The molecule has 2 amide bonds. The number of hydrogen-bond donors (Lipinski definition) is 3. The minimum absolute atomic E-state index is 0.0202. The van der Waals surface area contributed by atoms with Gasteiger partial charge in [0.25, 0.3) is 0 Å². The van der Waals surface area contributed by atoms with Gasteiger partial charge in [0.15, 0.2) is 0 Å². The lowest BCUT2D eigenvalue weighted by Gasteiger charge is -2.30. The van der Waals surface area contributed by atoms with Gasteiger partial charge < -0.3 is 10.6 Å². The Morgan fingerprint density at radius 1 is 1.24 bits per heavy atom. The van der Waals surface area contributed by atoms with E-state index in [1.807, 2.05) is 6.20 Å². The maximum atomic E-state index is 12.3.